The number of amidine groups is 1. The first-order valence-corrected chi connectivity index (χ1v) is 9.95. The summed E-state index contributed by atoms with van der Waals surface area (Å²) in [5.41, 5.74) is 0.291. The molecule has 0 saturated carbocycles. The summed E-state index contributed by atoms with van der Waals surface area (Å²) in [5.74, 6) is 0.649. The number of morpholine rings is 1. The zero-order valence-corrected chi connectivity index (χ0v) is 16.9. The number of ether oxygens (including phenoxy) is 1. The van der Waals surface area contributed by atoms with Crippen LogP contribution < -0.4 is 0 Å². The van der Waals surface area contributed by atoms with Gasteiger partial charge in [0.1, 0.15) is 18.2 Å². The van der Waals surface area contributed by atoms with Crippen molar-refractivity contribution in [1.82, 2.24) is 9.80 Å². The van der Waals surface area contributed by atoms with Crippen LogP contribution in [0.3, 0.4) is 0 Å². The van der Waals surface area contributed by atoms with Crippen LogP contribution in [0.25, 0.3) is 0 Å². The second-order valence-corrected chi connectivity index (χ2v) is 8.05. The van der Waals surface area contributed by atoms with E-state index in [4.69, 9.17) is 4.74 Å². The number of benzene rings is 1. The first-order valence-electron chi connectivity index (χ1n) is 9.95. The van der Waals surface area contributed by atoms with E-state index < -0.39 is 23.3 Å². The largest absolute Gasteiger partial charge is 0.416 e. The molecule has 3 heterocycles. The number of allylic oxidation sites excluding steroid dienone is 1. The van der Waals surface area contributed by atoms with E-state index in [-0.39, 0.29) is 12.0 Å². The van der Waals surface area contributed by atoms with Crippen LogP contribution in [-0.2, 0) is 22.1 Å². The minimum absolute atomic E-state index is 0.189. The number of fused-ring (bicyclic) bond motifs is 1. The average molecular weight is 419 g/mol. The fourth-order valence-corrected chi connectivity index (χ4v) is 4.36. The number of nitrogens with zero attached hydrogens (tertiary/aromatic N) is 3. The molecule has 3 aliphatic rings. The molecule has 0 spiro atoms. The molecule has 1 saturated heterocycles. The first-order chi connectivity index (χ1) is 14.2. The molecule has 0 radical (unpaired) electrons. The predicted molar refractivity (Wildman–Crippen MR) is 107 cm³/mol. The summed E-state index contributed by atoms with van der Waals surface area (Å²) < 4.78 is 45.6. The predicted octanol–water partition coefficient (Wildman–Crippen LogP) is 3.34. The highest BCUT2D eigenvalue weighted by molar-refractivity contribution is 5.99. The Morgan fingerprint density at radius 3 is 2.67 bits per heavy atom. The van der Waals surface area contributed by atoms with Crippen LogP contribution in [0.1, 0.15) is 23.6 Å². The van der Waals surface area contributed by atoms with Crippen LogP contribution in [0.2, 0.25) is 0 Å². The number of carbonyl (C=O) groups is 1. The molecule has 1 aromatic carbocycles. The van der Waals surface area contributed by atoms with E-state index in [1.807, 2.05) is 30.2 Å². The van der Waals surface area contributed by atoms with Gasteiger partial charge in [0.2, 0.25) is 0 Å². The Bertz CT molecular complexity index is 932. The highest BCUT2D eigenvalue weighted by Gasteiger charge is 2.47. The lowest BCUT2D eigenvalue weighted by atomic mass is 9.83. The maximum Gasteiger partial charge on any atom is 0.416 e. The van der Waals surface area contributed by atoms with Crippen LogP contribution >= 0.6 is 0 Å². The molecule has 0 amide bonds. The number of aldehydes is 1. The van der Waals surface area contributed by atoms with Crippen molar-refractivity contribution in [3.63, 3.8) is 0 Å². The van der Waals surface area contributed by atoms with E-state index in [9.17, 15) is 18.0 Å². The summed E-state index contributed by atoms with van der Waals surface area (Å²) in [7, 11) is 0. The molecule has 2 atom stereocenters. The second-order valence-electron chi connectivity index (χ2n) is 8.05. The molecule has 1 aromatic rings. The van der Waals surface area contributed by atoms with Gasteiger partial charge < -0.3 is 19.3 Å². The SMILES string of the molecule is Cc1c(CC2(C)C(C=O)N=C3C=CC(N4CCOCC4)=CN32)cccc1C(F)(F)F. The zero-order valence-electron chi connectivity index (χ0n) is 16.9. The molecule has 8 heteroatoms. The molecule has 0 bridgehead atoms. The van der Waals surface area contributed by atoms with Gasteiger partial charge in [0.15, 0.2) is 0 Å². The standard InChI is InChI=1S/C22H24F3N3O2/c1-15-16(4-3-5-18(15)22(23,24)25)12-21(2)19(14-29)26-20-7-6-17(13-28(20)21)27-8-10-30-11-9-27/h3-7,13-14,19H,8-12H2,1-2H3. The molecule has 0 aromatic heterocycles. The highest BCUT2D eigenvalue weighted by atomic mass is 19.4. The fourth-order valence-electron chi connectivity index (χ4n) is 4.36. The second kappa shape index (κ2) is 7.58. The number of aliphatic imine (C=N–C) groups is 1. The Morgan fingerprint density at radius 2 is 2.00 bits per heavy atom. The van der Waals surface area contributed by atoms with Gasteiger partial charge in [-0.1, -0.05) is 12.1 Å². The maximum atomic E-state index is 13.4. The van der Waals surface area contributed by atoms with E-state index in [1.54, 1.807) is 6.07 Å². The number of halogens is 3. The Kier molecular flexibility index (Phi) is 5.22. The van der Waals surface area contributed by atoms with Crippen molar-refractivity contribution in [1.29, 1.82) is 0 Å². The number of carbonyl (C=O) groups excluding carboxylic acids is 1. The van der Waals surface area contributed by atoms with Gasteiger partial charge in [-0.15, -0.1) is 0 Å². The highest BCUT2D eigenvalue weighted by Crippen LogP contribution is 2.38. The van der Waals surface area contributed by atoms with Crippen molar-refractivity contribution in [3.05, 3.63) is 58.9 Å². The molecular formula is C22H24F3N3O2. The summed E-state index contributed by atoms with van der Waals surface area (Å²) in [6, 6.07) is 3.54. The topological polar surface area (TPSA) is 45.1 Å². The third kappa shape index (κ3) is 3.53. The lowest BCUT2D eigenvalue weighted by Crippen LogP contribution is -2.51. The lowest BCUT2D eigenvalue weighted by molar-refractivity contribution is -0.138. The number of rotatable bonds is 4. The van der Waals surface area contributed by atoms with Crippen LogP contribution in [0.4, 0.5) is 13.2 Å². The molecule has 3 aliphatic heterocycles. The number of hydrogen-bond acceptors (Lipinski definition) is 5. The Morgan fingerprint density at radius 1 is 1.27 bits per heavy atom. The quantitative estimate of drug-likeness (QED) is 0.703. The first kappa shape index (κ1) is 20.7. The van der Waals surface area contributed by atoms with Gasteiger partial charge in [-0.05, 0) is 49.6 Å². The molecule has 1 fully saturated rings. The van der Waals surface area contributed by atoms with Crippen LogP contribution in [-0.4, -0.2) is 59.8 Å². The fraction of sp³-hybridized carbons (Fsp3) is 0.455. The maximum absolute atomic E-state index is 13.4. The molecule has 30 heavy (non-hydrogen) atoms. The lowest BCUT2D eigenvalue weighted by Gasteiger charge is -2.40. The zero-order chi connectivity index (χ0) is 21.5. The summed E-state index contributed by atoms with van der Waals surface area (Å²) in [4.78, 5) is 20.5. The molecule has 5 nitrogen and oxygen atoms in total. The van der Waals surface area contributed by atoms with E-state index in [0.29, 0.717) is 24.6 Å². The summed E-state index contributed by atoms with van der Waals surface area (Å²) >= 11 is 0. The van der Waals surface area contributed by atoms with Crippen molar-refractivity contribution in [2.75, 3.05) is 26.3 Å². The molecule has 0 N–H and O–H groups in total. The van der Waals surface area contributed by atoms with Gasteiger partial charge in [-0.2, -0.15) is 13.2 Å². The van der Waals surface area contributed by atoms with Crippen molar-refractivity contribution < 1.29 is 22.7 Å². The Labute approximate surface area is 173 Å². The van der Waals surface area contributed by atoms with Gasteiger partial charge in [-0.25, -0.2) is 0 Å². The van der Waals surface area contributed by atoms with Crippen LogP contribution in [0, 0.1) is 6.92 Å². The van der Waals surface area contributed by atoms with Gasteiger partial charge in [0.25, 0.3) is 0 Å². The molecule has 2 unspecified atom stereocenters. The third-order valence-corrected chi connectivity index (χ3v) is 6.18. The van der Waals surface area contributed by atoms with Crippen molar-refractivity contribution >= 4 is 12.1 Å². The number of hydrogen-bond donors (Lipinski definition) is 0. The molecule has 4 rings (SSSR count). The monoisotopic (exact) mass is 419 g/mol. The van der Waals surface area contributed by atoms with Crippen molar-refractivity contribution in [3.8, 4) is 0 Å². The Hall–Kier alpha value is -2.61. The Balaban J connectivity index is 1.69. The van der Waals surface area contributed by atoms with E-state index in [1.165, 1.54) is 13.0 Å². The summed E-state index contributed by atoms with van der Waals surface area (Å²) in [6.07, 6.45) is 2.41. The van der Waals surface area contributed by atoms with Gasteiger partial charge in [0.05, 0.1) is 30.0 Å². The van der Waals surface area contributed by atoms with Gasteiger partial charge in [0, 0.05) is 19.3 Å². The van der Waals surface area contributed by atoms with Crippen molar-refractivity contribution in [2.24, 2.45) is 4.99 Å². The minimum Gasteiger partial charge on any atom is -0.378 e. The smallest absolute Gasteiger partial charge is 0.378 e. The van der Waals surface area contributed by atoms with E-state index >= 15 is 0 Å². The van der Waals surface area contributed by atoms with Crippen LogP contribution in [0.15, 0.2) is 47.2 Å². The van der Waals surface area contributed by atoms with Gasteiger partial charge >= 0.3 is 6.18 Å². The van der Waals surface area contributed by atoms with E-state index in [2.05, 4.69) is 9.89 Å². The minimum atomic E-state index is -4.42. The van der Waals surface area contributed by atoms with E-state index in [0.717, 1.165) is 31.1 Å². The number of alkyl halides is 3. The summed E-state index contributed by atoms with van der Waals surface area (Å²) in [5, 5.41) is 0. The molecule has 0 aliphatic carbocycles. The normalized spacial score (nSPS) is 26.4. The van der Waals surface area contributed by atoms with Gasteiger partial charge in [-0.3, -0.25) is 4.99 Å². The third-order valence-electron chi connectivity index (χ3n) is 6.18. The molecule has 160 valence electrons. The average Bonchev–Trinajstić information content (AvgIpc) is 3.00. The molecular weight excluding hydrogens is 395 g/mol. The van der Waals surface area contributed by atoms with Crippen molar-refractivity contribution in [2.45, 2.75) is 38.0 Å². The summed E-state index contributed by atoms with van der Waals surface area (Å²) in [6.45, 7) is 6.18. The van der Waals surface area contributed by atoms with Crippen LogP contribution in [0.5, 0.6) is 0 Å².